The van der Waals surface area contributed by atoms with Crippen LogP contribution in [0.15, 0.2) is 0 Å². The first-order valence-electron chi connectivity index (χ1n) is 4.96. The molecule has 7 nitrogen and oxygen atoms in total. The lowest BCUT2D eigenvalue weighted by atomic mass is 10.2. The summed E-state index contributed by atoms with van der Waals surface area (Å²) in [7, 11) is 0. The lowest BCUT2D eigenvalue weighted by Gasteiger charge is -2.13. The van der Waals surface area contributed by atoms with Crippen LogP contribution in [0.1, 0.15) is 19.3 Å². The molecule has 0 spiro atoms. The summed E-state index contributed by atoms with van der Waals surface area (Å²) >= 11 is 0. The van der Waals surface area contributed by atoms with E-state index in [1.807, 2.05) is 0 Å². The number of nitrogens with one attached hydrogen (secondary N) is 2. The second-order valence-corrected chi connectivity index (χ2v) is 3.27. The normalized spacial score (nSPS) is 11.0. The molecule has 0 unspecified atom stereocenters. The Morgan fingerprint density at radius 3 is 2.53 bits per heavy atom. The van der Waals surface area contributed by atoms with Crippen LogP contribution in [0.25, 0.3) is 0 Å². The first kappa shape index (κ1) is 14.8. The van der Waals surface area contributed by atoms with E-state index in [1.165, 1.54) is 0 Å². The van der Waals surface area contributed by atoms with Gasteiger partial charge in [-0.3, -0.25) is 4.79 Å². The molecule has 0 saturated heterocycles. The summed E-state index contributed by atoms with van der Waals surface area (Å²) in [6.45, 7) is 0.332. The molecule has 0 aromatic heterocycles. The van der Waals surface area contributed by atoms with Crippen molar-refractivity contribution in [2.75, 3.05) is 6.54 Å². The maximum atomic E-state index is 11.2. The lowest BCUT2D eigenvalue weighted by Crippen LogP contribution is -2.47. The van der Waals surface area contributed by atoms with Gasteiger partial charge >= 0.3 is 12.0 Å². The Kier molecular flexibility index (Phi) is 6.94. The summed E-state index contributed by atoms with van der Waals surface area (Å²) in [5.41, 5.74) is 4.85. The second kappa shape index (κ2) is 7.98. The Balaban J connectivity index is 4.01. The van der Waals surface area contributed by atoms with Crippen LogP contribution in [0, 0.1) is 12.3 Å². The van der Waals surface area contributed by atoms with Crippen LogP contribution in [0.2, 0.25) is 0 Å². The first-order chi connectivity index (χ1) is 7.97. The molecule has 0 rings (SSSR count). The molecular weight excluding hydrogens is 226 g/mol. The van der Waals surface area contributed by atoms with E-state index in [-0.39, 0.29) is 0 Å². The topological polar surface area (TPSA) is 122 Å². The number of carboxylic acids is 1. The predicted molar refractivity (Wildman–Crippen MR) is 59.8 cm³/mol. The quantitative estimate of drug-likeness (QED) is 0.338. The van der Waals surface area contributed by atoms with Crippen molar-refractivity contribution >= 4 is 17.9 Å². The summed E-state index contributed by atoms with van der Waals surface area (Å²) in [4.78, 5) is 32.4. The highest BCUT2D eigenvalue weighted by molar-refractivity contribution is 5.87. The van der Waals surface area contributed by atoms with Gasteiger partial charge in [0.15, 0.2) is 0 Å². The molecule has 7 heteroatoms. The summed E-state index contributed by atoms with van der Waals surface area (Å²) in [5, 5.41) is 13.2. The van der Waals surface area contributed by atoms with Gasteiger partial charge in [0.2, 0.25) is 5.91 Å². The van der Waals surface area contributed by atoms with Gasteiger partial charge in [-0.1, -0.05) is 0 Å². The molecule has 0 saturated carbocycles. The van der Waals surface area contributed by atoms with Gasteiger partial charge in [0.05, 0.1) is 6.42 Å². The summed E-state index contributed by atoms with van der Waals surface area (Å²) in [5.74, 6) is 0.282. The molecule has 17 heavy (non-hydrogen) atoms. The van der Waals surface area contributed by atoms with Crippen molar-refractivity contribution < 1.29 is 19.5 Å². The Bertz CT molecular complexity index is 335. The van der Waals surface area contributed by atoms with Gasteiger partial charge in [-0.25, -0.2) is 9.59 Å². The average Bonchev–Trinajstić information content (AvgIpc) is 2.22. The van der Waals surface area contributed by atoms with E-state index in [9.17, 15) is 14.4 Å². The zero-order valence-corrected chi connectivity index (χ0v) is 9.23. The minimum Gasteiger partial charge on any atom is -0.480 e. The van der Waals surface area contributed by atoms with Gasteiger partial charge in [0, 0.05) is 13.0 Å². The number of carbonyl (C=O) groups is 3. The molecule has 94 valence electrons. The third kappa shape index (κ3) is 7.67. The number of nitrogens with two attached hydrogens (primary N) is 1. The number of hydrogen-bond donors (Lipinski definition) is 4. The number of hydrogen-bond acceptors (Lipinski definition) is 3. The SMILES string of the molecule is C#CCCCNC(=O)N[C@H](CC(N)=O)C(=O)O. The maximum absolute atomic E-state index is 11.2. The van der Waals surface area contributed by atoms with E-state index in [1.54, 1.807) is 0 Å². The van der Waals surface area contributed by atoms with Crippen LogP contribution in [0.4, 0.5) is 4.79 Å². The van der Waals surface area contributed by atoms with Crippen molar-refractivity contribution in [1.29, 1.82) is 0 Å². The van der Waals surface area contributed by atoms with Gasteiger partial charge in [-0.15, -0.1) is 12.3 Å². The number of primary amides is 1. The number of carboxylic acid groups (broad SMARTS) is 1. The van der Waals surface area contributed by atoms with Crippen molar-refractivity contribution in [3.8, 4) is 12.3 Å². The van der Waals surface area contributed by atoms with Gasteiger partial charge in [-0.05, 0) is 6.42 Å². The monoisotopic (exact) mass is 241 g/mol. The van der Waals surface area contributed by atoms with Crippen molar-refractivity contribution in [3.63, 3.8) is 0 Å². The van der Waals surface area contributed by atoms with E-state index >= 15 is 0 Å². The molecule has 0 radical (unpaired) electrons. The van der Waals surface area contributed by atoms with Gasteiger partial charge in [0.1, 0.15) is 6.04 Å². The fraction of sp³-hybridized carbons (Fsp3) is 0.500. The zero-order valence-electron chi connectivity index (χ0n) is 9.23. The zero-order chi connectivity index (χ0) is 13.3. The molecule has 0 bridgehead atoms. The Morgan fingerprint density at radius 2 is 2.06 bits per heavy atom. The fourth-order valence-electron chi connectivity index (χ4n) is 1.00. The Hall–Kier alpha value is -2.23. The second-order valence-electron chi connectivity index (χ2n) is 3.27. The number of rotatable bonds is 7. The molecule has 0 aliphatic heterocycles. The molecule has 0 heterocycles. The van der Waals surface area contributed by atoms with E-state index in [2.05, 4.69) is 16.6 Å². The van der Waals surface area contributed by atoms with Gasteiger partial charge < -0.3 is 21.5 Å². The Morgan fingerprint density at radius 1 is 1.41 bits per heavy atom. The predicted octanol–water partition coefficient (Wildman–Crippen LogP) is -0.972. The van der Waals surface area contributed by atoms with E-state index in [0.29, 0.717) is 19.4 Å². The van der Waals surface area contributed by atoms with Crippen LogP contribution in [-0.2, 0) is 9.59 Å². The molecule has 3 amide bonds. The average molecular weight is 241 g/mol. The Labute approximate surface area is 98.7 Å². The molecule has 1 atom stereocenters. The van der Waals surface area contributed by atoms with E-state index < -0.39 is 30.4 Å². The largest absolute Gasteiger partial charge is 0.480 e. The molecule has 5 N–H and O–H groups in total. The summed E-state index contributed by atoms with van der Waals surface area (Å²) in [6.07, 6.45) is 5.67. The smallest absolute Gasteiger partial charge is 0.326 e. The van der Waals surface area contributed by atoms with Crippen LogP contribution in [0.3, 0.4) is 0 Å². The van der Waals surface area contributed by atoms with Crippen LogP contribution in [-0.4, -0.2) is 35.6 Å². The van der Waals surface area contributed by atoms with Crippen molar-refractivity contribution in [2.24, 2.45) is 5.73 Å². The van der Waals surface area contributed by atoms with E-state index in [0.717, 1.165) is 0 Å². The highest BCUT2D eigenvalue weighted by Crippen LogP contribution is 1.91. The number of carbonyl (C=O) groups excluding carboxylic acids is 2. The highest BCUT2D eigenvalue weighted by atomic mass is 16.4. The molecule has 0 aliphatic carbocycles. The molecule has 0 aliphatic rings. The van der Waals surface area contributed by atoms with E-state index in [4.69, 9.17) is 17.3 Å². The van der Waals surface area contributed by atoms with Crippen molar-refractivity contribution in [1.82, 2.24) is 10.6 Å². The van der Waals surface area contributed by atoms with Crippen LogP contribution >= 0.6 is 0 Å². The fourth-order valence-corrected chi connectivity index (χ4v) is 1.00. The lowest BCUT2D eigenvalue weighted by molar-refractivity contribution is -0.140. The van der Waals surface area contributed by atoms with Gasteiger partial charge in [-0.2, -0.15) is 0 Å². The molecular formula is C10H15N3O4. The minimum absolute atomic E-state index is 0.332. The molecule has 0 aromatic carbocycles. The summed E-state index contributed by atoms with van der Waals surface area (Å²) < 4.78 is 0. The standard InChI is InChI=1S/C10H15N3O4/c1-2-3-4-5-12-10(17)13-7(9(15)16)6-8(11)14/h1,7H,3-6H2,(H2,11,14)(H,15,16)(H2,12,13,17)/t7-/m1/s1. The maximum Gasteiger partial charge on any atom is 0.326 e. The third-order valence-electron chi connectivity index (χ3n) is 1.79. The third-order valence-corrected chi connectivity index (χ3v) is 1.79. The number of unbranched alkanes of at least 4 members (excludes halogenated alkanes) is 1. The molecule has 0 fully saturated rings. The first-order valence-corrected chi connectivity index (χ1v) is 4.96. The van der Waals surface area contributed by atoms with Crippen LogP contribution < -0.4 is 16.4 Å². The molecule has 0 aromatic rings. The number of terminal acetylenes is 1. The van der Waals surface area contributed by atoms with Crippen molar-refractivity contribution in [2.45, 2.75) is 25.3 Å². The number of amides is 3. The highest BCUT2D eigenvalue weighted by Gasteiger charge is 2.21. The summed E-state index contributed by atoms with van der Waals surface area (Å²) in [6, 6.07) is -1.99. The van der Waals surface area contributed by atoms with Crippen molar-refractivity contribution in [3.05, 3.63) is 0 Å². The minimum atomic E-state index is -1.32. The number of urea groups is 1. The van der Waals surface area contributed by atoms with Crippen LogP contribution in [0.5, 0.6) is 0 Å². The van der Waals surface area contributed by atoms with Gasteiger partial charge in [0.25, 0.3) is 0 Å². The number of aliphatic carboxylic acids is 1.